The van der Waals surface area contributed by atoms with E-state index in [4.69, 9.17) is 28.4 Å². The maximum absolute atomic E-state index is 7.06. The molecule has 0 amide bonds. The van der Waals surface area contributed by atoms with Crippen LogP contribution >= 0.6 is 15.9 Å². The first-order valence-electron chi connectivity index (χ1n) is 17.1. The summed E-state index contributed by atoms with van der Waals surface area (Å²) in [6, 6.07) is 21.4. The predicted molar refractivity (Wildman–Crippen MR) is 195 cm³/mol. The number of rotatable bonds is 7. The summed E-state index contributed by atoms with van der Waals surface area (Å²) in [7, 11) is 9.45. The largest absolute Gasteiger partial charge is 0.493 e. The Morgan fingerprint density at radius 2 is 1.39 bits per heavy atom. The van der Waals surface area contributed by atoms with E-state index in [1.165, 1.54) is 22.3 Å². The Morgan fingerprint density at radius 3 is 2.12 bits per heavy atom. The molecule has 0 N–H and O–H groups in total. The van der Waals surface area contributed by atoms with Crippen molar-refractivity contribution < 1.29 is 28.4 Å². The molecule has 2 atom stereocenters. The maximum Gasteiger partial charge on any atom is 0.204 e. The Labute approximate surface area is 297 Å². The van der Waals surface area contributed by atoms with Crippen molar-refractivity contribution in [1.82, 2.24) is 9.80 Å². The van der Waals surface area contributed by atoms with E-state index in [0.717, 1.165) is 73.1 Å². The van der Waals surface area contributed by atoms with Gasteiger partial charge in [-0.05, 0) is 116 Å². The average Bonchev–Trinajstić information content (AvgIpc) is 3.11. The van der Waals surface area contributed by atoms with Crippen molar-refractivity contribution >= 4 is 15.9 Å². The minimum absolute atomic E-state index is 0.00718. The van der Waals surface area contributed by atoms with Gasteiger partial charge in [0.15, 0.2) is 34.5 Å². The SMILES string of the molecule is COc1cc2c3cc1Oc1c(OC)c(OC)cc4c1[C@@H](Cc1ccc(OCCCBr)c(c1)Oc1ccc(cc1)C[C@@H]3N(C)CC2)N(C)CC4. The number of nitrogens with zero attached hydrogens (tertiary/aromatic N) is 2. The number of ether oxygens (including phenoxy) is 6. The number of hydrogen-bond donors (Lipinski definition) is 0. The van der Waals surface area contributed by atoms with E-state index >= 15 is 0 Å². The smallest absolute Gasteiger partial charge is 0.204 e. The molecule has 0 radical (unpaired) electrons. The van der Waals surface area contributed by atoms with Crippen LogP contribution in [0.5, 0.6) is 46.0 Å². The Hall–Kier alpha value is -3.92. The number of benzene rings is 4. The van der Waals surface area contributed by atoms with Crippen LogP contribution in [0.3, 0.4) is 0 Å². The normalized spacial score (nSPS) is 18.7. The number of likely N-dealkylation sites (N-methyl/N-ethyl adjacent to an activating group) is 2. The van der Waals surface area contributed by atoms with Gasteiger partial charge < -0.3 is 28.4 Å². The molecule has 0 aromatic heterocycles. The average molecular weight is 730 g/mol. The van der Waals surface area contributed by atoms with Crippen molar-refractivity contribution in [2.24, 2.45) is 0 Å². The molecule has 0 spiro atoms. The Bertz CT molecular complexity index is 1810. The summed E-state index contributed by atoms with van der Waals surface area (Å²) in [6.45, 7) is 2.45. The van der Waals surface area contributed by atoms with Crippen LogP contribution in [0.4, 0.5) is 0 Å². The first-order chi connectivity index (χ1) is 23.9. The van der Waals surface area contributed by atoms with Crippen LogP contribution in [0.2, 0.25) is 0 Å². The standard InChI is InChI=1S/C40H45BrN2O6/c1-42-16-13-27-22-34(44-3)36-24-30(27)31(42)19-25-7-10-29(11-8-25)48-35-21-26(9-12-33(35)47-18-6-15-41)20-32-38-28(14-17-43(32)2)23-37(45-4)39(46-5)40(38)49-36/h7-12,21-24,31-32H,6,13-20H2,1-5H3/t31-,32+/m0/s1. The maximum atomic E-state index is 7.06. The van der Waals surface area contributed by atoms with Gasteiger partial charge in [0, 0.05) is 36.1 Å². The third-order valence-electron chi connectivity index (χ3n) is 10.2. The Morgan fingerprint density at radius 1 is 0.714 bits per heavy atom. The molecular weight excluding hydrogens is 684 g/mol. The monoisotopic (exact) mass is 728 g/mol. The van der Waals surface area contributed by atoms with Crippen molar-refractivity contribution in [3.8, 4) is 46.0 Å². The highest BCUT2D eigenvalue weighted by atomic mass is 79.9. The molecule has 4 aromatic carbocycles. The van der Waals surface area contributed by atoms with Crippen molar-refractivity contribution in [3.05, 3.63) is 94.0 Å². The first-order valence-corrected chi connectivity index (χ1v) is 18.2. The molecule has 258 valence electrons. The molecule has 8 rings (SSSR count). The van der Waals surface area contributed by atoms with Gasteiger partial charge in [-0.1, -0.05) is 34.1 Å². The number of hydrogen-bond acceptors (Lipinski definition) is 8. The van der Waals surface area contributed by atoms with E-state index < -0.39 is 0 Å². The molecule has 0 fully saturated rings. The second-order valence-electron chi connectivity index (χ2n) is 13.1. The van der Waals surface area contributed by atoms with Gasteiger partial charge >= 0.3 is 0 Å². The molecule has 9 heteroatoms. The van der Waals surface area contributed by atoms with Crippen molar-refractivity contribution in [3.63, 3.8) is 0 Å². The molecule has 4 heterocycles. The van der Waals surface area contributed by atoms with Crippen LogP contribution in [-0.4, -0.2) is 70.3 Å². The molecule has 0 saturated heterocycles. The van der Waals surface area contributed by atoms with Crippen molar-refractivity contribution in [2.75, 3.05) is 60.5 Å². The number of methoxy groups -OCH3 is 3. The van der Waals surface area contributed by atoms with Gasteiger partial charge in [0.1, 0.15) is 5.75 Å². The van der Waals surface area contributed by atoms with Gasteiger partial charge in [-0.25, -0.2) is 0 Å². The first kappa shape index (κ1) is 33.6. The van der Waals surface area contributed by atoms with Crippen LogP contribution in [0.25, 0.3) is 0 Å². The Kier molecular flexibility index (Phi) is 9.94. The highest BCUT2D eigenvalue weighted by Gasteiger charge is 2.34. The summed E-state index contributed by atoms with van der Waals surface area (Å²) in [4.78, 5) is 4.83. The fraction of sp³-hybridized carbons (Fsp3) is 0.400. The fourth-order valence-electron chi connectivity index (χ4n) is 7.46. The third kappa shape index (κ3) is 6.68. The molecule has 4 aliphatic rings. The summed E-state index contributed by atoms with van der Waals surface area (Å²) < 4.78 is 37.8. The minimum Gasteiger partial charge on any atom is -0.493 e. The zero-order chi connectivity index (χ0) is 34.1. The predicted octanol–water partition coefficient (Wildman–Crippen LogP) is 8.32. The van der Waals surface area contributed by atoms with Crippen LogP contribution in [0.15, 0.2) is 60.7 Å². The molecule has 6 bridgehead atoms. The fourth-order valence-corrected chi connectivity index (χ4v) is 7.69. The van der Waals surface area contributed by atoms with E-state index in [1.54, 1.807) is 21.3 Å². The van der Waals surface area contributed by atoms with Crippen LogP contribution in [-0.2, 0) is 25.7 Å². The minimum atomic E-state index is -0.00718. The number of alkyl halides is 1. The lowest BCUT2D eigenvalue weighted by atomic mass is 9.87. The van der Waals surface area contributed by atoms with Gasteiger partial charge in [-0.15, -0.1) is 0 Å². The molecule has 4 aromatic rings. The molecule has 0 unspecified atom stereocenters. The van der Waals surface area contributed by atoms with Gasteiger partial charge in [0.2, 0.25) is 5.75 Å². The van der Waals surface area contributed by atoms with Gasteiger partial charge in [-0.2, -0.15) is 0 Å². The molecule has 49 heavy (non-hydrogen) atoms. The molecule has 0 aliphatic carbocycles. The third-order valence-corrected chi connectivity index (χ3v) is 10.7. The van der Waals surface area contributed by atoms with Crippen molar-refractivity contribution in [2.45, 2.75) is 44.2 Å². The number of fused-ring (bicyclic) bond motifs is 2. The van der Waals surface area contributed by atoms with E-state index in [0.29, 0.717) is 41.1 Å². The van der Waals surface area contributed by atoms with E-state index in [1.807, 2.05) is 6.07 Å². The summed E-state index contributed by atoms with van der Waals surface area (Å²) in [5.41, 5.74) is 7.17. The summed E-state index contributed by atoms with van der Waals surface area (Å²) in [5.74, 6) is 5.48. The van der Waals surface area contributed by atoms with Crippen LogP contribution < -0.4 is 28.4 Å². The van der Waals surface area contributed by atoms with Crippen LogP contribution in [0, 0.1) is 0 Å². The zero-order valence-corrected chi connectivity index (χ0v) is 30.6. The quantitative estimate of drug-likeness (QED) is 0.139. The topological polar surface area (TPSA) is 61.9 Å². The van der Waals surface area contributed by atoms with Crippen molar-refractivity contribution in [1.29, 1.82) is 0 Å². The molecule has 0 saturated carbocycles. The highest BCUT2D eigenvalue weighted by molar-refractivity contribution is 9.09. The number of halogens is 1. The van der Waals surface area contributed by atoms with E-state index in [9.17, 15) is 0 Å². The summed E-state index contributed by atoms with van der Waals surface area (Å²) in [5, 5.41) is 0.877. The van der Waals surface area contributed by atoms with E-state index in [-0.39, 0.29) is 12.1 Å². The Balaban J connectivity index is 1.43. The molecular formula is C40H45BrN2O6. The lowest BCUT2D eigenvalue weighted by Gasteiger charge is -2.37. The van der Waals surface area contributed by atoms with Crippen LogP contribution in [0.1, 0.15) is 51.9 Å². The van der Waals surface area contributed by atoms with Gasteiger partial charge in [0.05, 0.1) is 27.9 Å². The molecule has 4 aliphatic heterocycles. The second kappa shape index (κ2) is 14.5. The lowest BCUT2D eigenvalue weighted by Crippen LogP contribution is -2.34. The summed E-state index contributed by atoms with van der Waals surface area (Å²) >= 11 is 3.52. The second-order valence-corrected chi connectivity index (χ2v) is 13.9. The van der Waals surface area contributed by atoms with Gasteiger partial charge in [0.25, 0.3) is 0 Å². The zero-order valence-electron chi connectivity index (χ0n) is 29.0. The van der Waals surface area contributed by atoms with E-state index in [2.05, 4.69) is 94.4 Å². The highest BCUT2D eigenvalue weighted by Crippen LogP contribution is 2.52. The van der Waals surface area contributed by atoms with Gasteiger partial charge in [-0.3, -0.25) is 9.80 Å². The lowest BCUT2D eigenvalue weighted by molar-refractivity contribution is 0.220. The molecule has 8 nitrogen and oxygen atoms in total. The summed E-state index contributed by atoms with van der Waals surface area (Å²) in [6.07, 6.45) is 4.26.